The van der Waals surface area contributed by atoms with E-state index in [0.717, 1.165) is 88.2 Å². The number of furan rings is 1. The molecule has 10 rings (SSSR count). The van der Waals surface area contributed by atoms with Crippen LogP contribution in [0.1, 0.15) is 0 Å². The van der Waals surface area contributed by atoms with E-state index in [4.69, 9.17) is 14.4 Å². The van der Waals surface area contributed by atoms with Crippen LogP contribution in [0.25, 0.3) is 94.1 Å². The topological polar surface area (TPSA) is 43.9 Å². The molecule has 4 heteroatoms. The second-order valence-electron chi connectivity index (χ2n) is 12.2. The van der Waals surface area contributed by atoms with E-state index in [-0.39, 0.29) is 0 Å². The number of aromatic nitrogens is 3. The average molecular weight is 614 g/mol. The predicted octanol–water partition coefficient (Wildman–Crippen LogP) is 11.6. The lowest BCUT2D eigenvalue weighted by molar-refractivity contribution is 0.669. The van der Waals surface area contributed by atoms with Crippen molar-refractivity contribution in [3.63, 3.8) is 0 Å². The SMILES string of the molecule is c1ccc(-c2nc(-n3c4ccccc4c4cccc(-c5cccc(-c6cccc7oc8ccccc8c67)c5)c43)nc3ccccc23)cc1. The minimum Gasteiger partial charge on any atom is -0.456 e. The highest BCUT2D eigenvalue weighted by Crippen LogP contribution is 2.41. The van der Waals surface area contributed by atoms with Crippen molar-refractivity contribution in [2.24, 2.45) is 0 Å². The number of nitrogens with zero attached hydrogens (tertiary/aromatic N) is 3. The molecule has 0 aliphatic rings. The van der Waals surface area contributed by atoms with Crippen molar-refractivity contribution >= 4 is 54.6 Å². The Kier molecular flexibility index (Phi) is 5.84. The molecule has 0 saturated heterocycles. The third-order valence-electron chi connectivity index (χ3n) is 9.42. The molecule has 4 nitrogen and oxygen atoms in total. The molecule has 10 aromatic rings. The predicted molar refractivity (Wildman–Crippen MR) is 197 cm³/mol. The third kappa shape index (κ3) is 4.03. The van der Waals surface area contributed by atoms with E-state index in [0.29, 0.717) is 5.95 Å². The standard InChI is InChI=1S/C44H27N3O/c1-2-13-28(14-3-1)42-35-18-4-7-23-37(35)45-44(46-42)47-38-24-8-5-17-33(38)34-22-11-21-32(43(34)47)30-16-10-15-29(27-30)31-20-12-26-40-41(31)36-19-6-9-25-39(36)48-40/h1-27H. The lowest BCUT2D eigenvalue weighted by Gasteiger charge is -2.14. The normalized spacial score (nSPS) is 11.8. The van der Waals surface area contributed by atoms with E-state index in [9.17, 15) is 0 Å². The zero-order valence-corrected chi connectivity index (χ0v) is 25.8. The van der Waals surface area contributed by atoms with Crippen LogP contribution in [0.2, 0.25) is 0 Å². The van der Waals surface area contributed by atoms with Gasteiger partial charge < -0.3 is 4.42 Å². The Hall–Kier alpha value is -6.52. The first-order valence-corrected chi connectivity index (χ1v) is 16.2. The van der Waals surface area contributed by atoms with Crippen LogP contribution in [0.3, 0.4) is 0 Å². The van der Waals surface area contributed by atoms with Crippen LogP contribution in [0.5, 0.6) is 0 Å². The van der Waals surface area contributed by atoms with Crippen LogP contribution in [0.15, 0.2) is 168 Å². The molecule has 3 heterocycles. The van der Waals surface area contributed by atoms with Gasteiger partial charge in [0.05, 0.1) is 22.2 Å². The largest absolute Gasteiger partial charge is 0.456 e. The van der Waals surface area contributed by atoms with Crippen molar-refractivity contribution in [3.05, 3.63) is 164 Å². The fourth-order valence-corrected chi connectivity index (χ4v) is 7.31. The van der Waals surface area contributed by atoms with Crippen LogP contribution in [-0.2, 0) is 0 Å². The smallest absolute Gasteiger partial charge is 0.235 e. The quantitative estimate of drug-likeness (QED) is 0.198. The number of hydrogen-bond donors (Lipinski definition) is 0. The molecule has 0 radical (unpaired) electrons. The minimum absolute atomic E-state index is 0.650. The lowest BCUT2D eigenvalue weighted by Crippen LogP contribution is -2.04. The van der Waals surface area contributed by atoms with E-state index >= 15 is 0 Å². The number of hydrogen-bond acceptors (Lipinski definition) is 3. The zero-order valence-electron chi connectivity index (χ0n) is 25.8. The van der Waals surface area contributed by atoms with Gasteiger partial charge in [0.1, 0.15) is 11.2 Å². The van der Waals surface area contributed by atoms with Crippen LogP contribution < -0.4 is 0 Å². The van der Waals surface area contributed by atoms with Gasteiger partial charge in [-0.05, 0) is 47.0 Å². The molecule has 0 spiro atoms. The molecule has 0 aliphatic heterocycles. The summed E-state index contributed by atoms with van der Waals surface area (Å²) in [6.07, 6.45) is 0. The van der Waals surface area contributed by atoms with E-state index in [1.807, 2.05) is 24.3 Å². The number of benzene rings is 7. The van der Waals surface area contributed by atoms with E-state index in [2.05, 4.69) is 144 Å². The van der Waals surface area contributed by atoms with Gasteiger partial charge in [0, 0.05) is 38.1 Å². The molecule has 7 aromatic carbocycles. The molecule has 0 N–H and O–H groups in total. The van der Waals surface area contributed by atoms with E-state index in [1.54, 1.807) is 0 Å². The molecule has 0 atom stereocenters. The fourth-order valence-electron chi connectivity index (χ4n) is 7.31. The molecule has 48 heavy (non-hydrogen) atoms. The molecule has 0 aliphatic carbocycles. The monoisotopic (exact) mass is 613 g/mol. The Morgan fingerprint density at radius 1 is 0.438 bits per heavy atom. The number of rotatable bonds is 4. The third-order valence-corrected chi connectivity index (χ3v) is 9.42. The Morgan fingerprint density at radius 2 is 1.06 bits per heavy atom. The van der Waals surface area contributed by atoms with Gasteiger partial charge in [-0.2, -0.15) is 0 Å². The average Bonchev–Trinajstić information content (AvgIpc) is 3.71. The highest BCUT2D eigenvalue weighted by atomic mass is 16.3. The van der Waals surface area contributed by atoms with Gasteiger partial charge in [0.15, 0.2) is 0 Å². The Morgan fingerprint density at radius 3 is 1.96 bits per heavy atom. The first kappa shape index (κ1) is 26.7. The minimum atomic E-state index is 0.650. The maximum atomic E-state index is 6.24. The van der Waals surface area contributed by atoms with Crippen LogP contribution in [0.4, 0.5) is 0 Å². The molecule has 224 valence electrons. The molecular formula is C44H27N3O. The Labute approximate surface area is 276 Å². The number of para-hydroxylation sites is 4. The molecule has 0 bridgehead atoms. The van der Waals surface area contributed by atoms with Gasteiger partial charge in [0.2, 0.25) is 5.95 Å². The van der Waals surface area contributed by atoms with E-state index < -0.39 is 0 Å². The summed E-state index contributed by atoms with van der Waals surface area (Å²) in [6.45, 7) is 0. The van der Waals surface area contributed by atoms with Gasteiger partial charge in [-0.3, -0.25) is 4.57 Å². The molecule has 0 amide bonds. The molecule has 0 unspecified atom stereocenters. The Bertz CT molecular complexity index is 2840. The van der Waals surface area contributed by atoms with Crippen molar-refractivity contribution in [2.45, 2.75) is 0 Å². The molecular weight excluding hydrogens is 587 g/mol. The highest BCUT2D eigenvalue weighted by Gasteiger charge is 2.20. The summed E-state index contributed by atoms with van der Waals surface area (Å²) >= 11 is 0. The van der Waals surface area contributed by atoms with Gasteiger partial charge in [0.25, 0.3) is 0 Å². The summed E-state index contributed by atoms with van der Waals surface area (Å²) < 4.78 is 8.49. The Balaban J connectivity index is 1.25. The van der Waals surface area contributed by atoms with Crippen LogP contribution in [0, 0.1) is 0 Å². The van der Waals surface area contributed by atoms with Crippen LogP contribution in [-0.4, -0.2) is 14.5 Å². The van der Waals surface area contributed by atoms with Gasteiger partial charge in [-0.1, -0.05) is 133 Å². The zero-order chi connectivity index (χ0) is 31.6. The maximum Gasteiger partial charge on any atom is 0.235 e. The summed E-state index contributed by atoms with van der Waals surface area (Å²) in [4.78, 5) is 10.5. The summed E-state index contributed by atoms with van der Waals surface area (Å²) in [7, 11) is 0. The van der Waals surface area contributed by atoms with Crippen molar-refractivity contribution in [2.75, 3.05) is 0 Å². The van der Waals surface area contributed by atoms with Gasteiger partial charge >= 0.3 is 0 Å². The highest BCUT2D eigenvalue weighted by molar-refractivity contribution is 6.15. The molecule has 3 aromatic heterocycles. The molecule has 0 saturated carbocycles. The van der Waals surface area contributed by atoms with E-state index in [1.165, 1.54) is 0 Å². The first-order valence-electron chi connectivity index (χ1n) is 16.2. The number of fused-ring (bicyclic) bond motifs is 7. The maximum absolute atomic E-state index is 6.24. The second-order valence-corrected chi connectivity index (χ2v) is 12.2. The van der Waals surface area contributed by atoms with Crippen LogP contribution >= 0.6 is 0 Å². The van der Waals surface area contributed by atoms with Gasteiger partial charge in [-0.15, -0.1) is 0 Å². The molecule has 0 fully saturated rings. The van der Waals surface area contributed by atoms with Crippen molar-refractivity contribution in [1.82, 2.24) is 14.5 Å². The second kappa shape index (κ2) is 10.5. The van der Waals surface area contributed by atoms with Crippen molar-refractivity contribution in [1.29, 1.82) is 0 Å². The van der Waals surface area contributed by atoms with Crippen molar-refractivity contribution < 1.29 is 4.42 Å². The summed E-state index contributed by atoms with van der Waals surface area (Å²) in [5.74, 6) is 0.650. The lowest BCUT2D eigenvalue weighted by atomic mass is 9.95. The summed E-state index contributed by atoms with van der Waals surface area (Å²) in [5.41, 5.74) is 11.4. The fraction of sp³-hybridized carbons (Fsp3) is 0. The summed E-state index contributed by atoms with van der Waals surface area (Å²) in [5, 5.41) is 5.61. The summed E-state index contributed by atoms with van der Waals surface area (Å²) in [6, 6.07) is 57.2. The first-order chi connectivity index (χ1) is 23.8. The van der Waals surface area contributed by atoms with Gasteiger partial charge in [-0.25, -0.2) is 9.97 Å². The van der Waals surface area contributed by atoms with Crippen molar-refractivity contribution in [3.8, 4) is 39.5 Å².